The molecular weight excluding hydrogens is 262 g/mol. The molecule has 0 saturated carbocycles. The third-order valence-corrected chi connectivity index (χ3v) is 3.98. The van der Waals surface area contributed by atoms with Gasteiger partial charge in [0.05, 0.1) is 0 Å². The molecule has 0 aliphatic carbocycles. The zero-order chi connectivity index (χ0) is 13.4. The number of carbonyl (C=O) groups is 1. The third-order valence-electron chi connectivity index (χ3n) is 3.10. The molecule has 1 fully saturated rings. The van der Waals surface area contributed by atoms with Crippen molar-refractivity contribution in [1.29, 1.82) is 0 Å². The quantitative estimate of drug-likeness (QED) is 0.806. The first-order valence-electron chi connectivity index (χ1n) is 6.12. The number of hydrogen-bond donors (Lipinski definition) is 2. The number of epoxide rings is 1. The van der Waals surface area contributed by atoms with Crippen molar-refractivity contribution in [2.24, 2.45) is 10.7 Å². The van der Waals surface area contributed by atoms with Gasteiger partial charge in [0.25, 0.3) is 0 Å². The molecule has 3 unspecified atom stereocenters. The Kier molecular flexibility index (Phi) is 3.20. The maximum atomic E-state index is 12.1. The van der Waals surface area contributed by atoms with Crippen LogP contribution in [0.3, 0.4) is 0 Å². The average Bonchev–Trinajstić information content (AvgIpc) is 2.99. The van der Waals surface area contributed by atoms with Crippen molar-refractivity contribution in [2.45, 2.75) is 25.3 Å². The minimum Gasteiger partial charge on any atom is -0.379 e. The van der Waals surface area contributed by atoms with Crippen molar-refractivity contribution < 1.29 is 9.53 Å². The van der Waals surface area contributed by atoms with Gasteiger partial charge in [-0.15, -0.1) is 0 Å². The van der Waals surface area contributed by atoms with Crippen LogP contribution in [0.2, 0.25) is 0 Å². The minimum absolute atomic E-state index is 0.0121. The number of ketones is 1. The molecule has 1 aromatic rings. The molecule has 0 bridgehead atoms. The van der Waals surface area contributed by atoms with E-state index in [0.717, 1.165) is 11.3 Å². The van der Waals surface area contributed by atoms with Crippen LogP contribution in [0.15, 0.2) is 29.3 Å². The highest BCUT2D eigenvalue weighted by atomic mass is 32.2. The van der Waals surface area contributed by atoms with E-state index in [1.165, 1.54) is 11.8 Å². The summed E-state index contributed by atoms with van der Waals surface area (Å²) in [5.41, 5.74) is 7.69. The van der Waals surface area contributed by atoms with Crippen molar-refractivity contribution >= 4 is 28.4 Å². The molecule has 1 saturated heterocycles. The molecule has 100 valence electrons. The van der Waals surface area contributed by atoms with Crippen LogP contribution in [-0.2, 0) is 9.53 Å². The van der Waals surface area contributed by atoms with Crippen LogP contribution in [-0.4, -0.2) is 35.1 Å². The number of hydrogen-bond acceptors (Lipinski definition) is 6. The average molecular weight is 277 g/mol. The maximum Gasteiger partial charge on any atom is 0.191 e. The van der Waals surface area contributed by atoms with Gasteiger partial charge in [0.1, 0.15) is 6.04 Å². The van der Waals surface area contributed by atoms with Gasteiger partial charge in [-0.05, 0) is 24.6 Å². The summed E-state index contributed by atoms with van der Waals surface area (Å²) < 4.78 is 5.39. The lowest BCUT2D eigenvalue weighted by Crippen LogP contribution is -2.27. The van der Waals surface area contributed by atoms with Crippen molar-refractivity contribution in [1.82, 2.24) is 0 Å². The summed E-state index contributed by atoms with van der Waals surface area (Å²) in [6, 6.07) is 7.62. The van der Waals surface area contributed by atoms with Gasteiger partial charge < -0.3 is 15.8 Å². The monoisotopic (exact) mass is 277 g/mol. The predicted molar refractivity (Wildman–Crippen MR) is 76.3 cm³/mol. The lowest BCUT2D eigenvalue weighted by Gasteiger charge is -2.04. The number of anilines is 1. The molecule has 0 radical (unpaired) electrons. The van der Waals surface area contributed by atoms with E-state index in [9.17, 15) is 4.79 Å². The summed E-state index contributed by atoms with van der Waals surface area (Å²) in [5, 5.41) is 3.68. The number of ether oxygens (including phenoxy) is 1. The second kappa shape index (κ2) is 4.86. The largest absolute Gasteiger partial charge is 0.379 e. The Labute approximate surface area is 115 Å². The molecule has 2 aliphatic rings. The fourth-order valence-corrected chi connectivity index (χ4v) is 2.83. The third kappa shape index (κ3) is 2.74. The Morgan fingerprint density at radius 2 is 2.42 bits per heavy atom. The molecule has 5 nitrogen and oxygen atoms in total. The molecule has 19 heavy (non-hydrogen) atoms. The van der Waals surface area contributed by atoms with Crippen LogP contribution < -0.4 is 11.1 Å². The number of rotatable bonds is 4. The van der Waals surface area contributed by atoms with Crippen LogP contribution in [0.1, 0.15) is 5.56 Å². The van der Waals surface area contributed by atoms with Crippen molar-refractivity contribution in [3.8, 4) is 0 Å². The summed E-state index contributed by atoms with van der Waals surface area (Å²) in [4.78, 5) is 16.2. The van der Waals surface area contributed by atoms with E-state index in [1.54, 1.807) is 0 Å². The summed E-state index contributed by atoms with van der Waals surface area (Å²) >= 11 is 1.42. The lowest BCUT2D eigenvalue weighted by molar-refractivity contribution is -0.120. The molecule has 2 aliphatic heterocycles. The van der Waals surface area contributed by atoms with E-state index in [1.807, 2.05) is 31.2 Å². The highest BCUT2D eigenvalue weighted by molar-refractivity contribution is 8.14. The zero-order valence-corrected chi connectivity index (χ0v) is 11.3. The van der Waals surface area contributed by atoms with E-state index in [4.69, 9.17) is 10.5 Å². The van der Waals surface area contributed by atoms with E-state index in [0.29, 0.717) is 10.9 Å². The standard InChI is InChI=1S/C13H15N3O2S/c1-7-3-2-4-8(5-7)15-12-11(18-12)10(17)9-6-19-13(14)16-9/h2-5,9,11-12,15H,6H2,1H3,(H2,14,16). The normalized spacial score (nSPS) is 28.9. The number of nitrogens with two attached hydrogens (primary N) is 1. The summed E-state index contributed by atoms with van der Waals surface area (Å²) in [6.07, 6.45) is -0.642. The Morgan fingerprint density at radius 3 is 3.11 bits per heavy atom. The highest BCUT2D eigenvalue weighted by Crippen LogP contribution is 2.29. The number of aryl methyl sites for hydroxylation is 1. The fourth-order valence-electron chi connectivity index (χ4n) is 2.07. The Hall–Kier alpha value is -1.53. The highest BCUT2D eigenvalue weighted by Gasteiger charge is 2.48. The Bertz CT molecular complexity index is 546. The van der Waals surface area contributed by atoms with Gasteiger partial charge in [-0.1, -0.05) is 23.9 Å². The van der Waals surface area contributed by atoms with Gasteiger partial charge in [0.15, 0.2) is 23.3 Å². The first-order valence-corrected chi connectivity index (χ1v) is 7.10. The van der Waals surface area contributed by atoms with Crippen LogP contribution in [0.5, 0.6) is 0 Å². The van der Waals surface area contributed by atoms with E-state index in [-0.39, 0.29) is 18.1 Å². The number of carbonyl (C=O) groups excluding carboxylic acids is 1. The number of nitrogens with zero attached hydrogens (tertiary/aromatic N) is 1. The molecule has 0 aromatic heterocycles. The number of nitrogens with one attached hydrogen (secondary N) is 1. The molecule has 3 N–H and O–H groups in total. The van der Waals surface area contributed by atoms with E-state index < -0.39 is 6.10 Å². The molecule has 6 heteroatoms. The number of Topliss-reactive ketones (excluding diaryl/α,β-unsaturated/α-hetero) is 1. The topological polar surface area (TPSA) is 80.0 Å². The molecule has 1 aromatic carbocycles. The second-order valence-electron chi connectivity index (χ2n) is 4.69. The Balaban J connectivity index is 1.58. The van der Waals surface area contributed by atoms with Gasteiger partial charge in [-0.2, -0.15) is 0 Å². The van der Waals surface area contributed by atoms with E-state index >= 15 is 0 Å². The summed E-state index contributed by atoms with van der Waals surface area (Å²) in [5.74, 6) is 0.639. The number of benzene rings is 1. The van der Waals surface area contributed by atoms with Crippen molar-refractivity contribution in [2.75, 3.05) is 11.1 Å². The summed E-state index contributed by atoms with van der Waals surface area (Å²) in [7, 11) is 0. The number of aliphatic imine (C=N–C) groups is 1. The fraction of sp³-hybridized carbons (Fsp3) is 0.385. The van der Waals surface area contributed by atoms with Gasteiger partial charge in [0, 0.05) is 11.4 Å². The lowest BCUT2D eigenvalue weighted by atomic mass is 10.1. The molecule has 0 amide bonds. The van der Waals surface area contributed by atoms with Crippen LogP contribution in [0, 0.1) is 6.92 Å². The predicted octanol–water partition coefficient (Wildman–Crippen LogP) is 1.13. The van der Waals surface area contributed by atoms with Crippen LogP contribution in [0.25, 0.3) is 0 Å². The van der Waals surface area contributed by atoms with Gasteiger partial charge in [-0.3, -0.25) is 9.79 Å². The summed E-state index contributed by atoms with van der Waals surface area (Å²) in [6.45, 7) is 2.02. The van der Waals surface area contributed by atoms with E-state index in [2.05, 4.69) is 10.3 Å². The zero-order valence-electron chi connectivity index (χ0n) is 10.5. The first-order chi connectivity index (χ1) is 9.13. The first kappa shape index (κ1) is 12.5. The van der Waals surface area contributed by atoms with Gasteiger partial charge in [0.2, 0.25) is 0 Å². The molecule has 0 spiro atoms. The van der Waals surface area contributed by atoms with Gasteiger partial charge in [-0.25, -0.2) is 0 Å². The van der Waals surface area contributed by atoms with Crippen LogP contribution >= 0.6 is 11.8 Å². The van der Waals surface area contributed by atoms with Crippen molar-refractivity contribution in [3.63, 3.8) is 0 Å². The molecule has 3 rings (SSSR count). The molecule has 3 atom stereocenters. The Morgan fingerprint density at radius 1 is 1.58 bits per heavy atom. The maximum absolute atomic E-state index is 12.1. The molecule has 2 heterocycles. The SMILES string of the molecule is Cc1cccc(NC2OC2C(=O)C2CSC(N)=N2)c1. The smallest absolute Gasteiger partial charge is 0.191 e. The number of amidine groups is 1. The second-order valence-corrected chi connectivity index (χ2v) is 5.73. The minimum atomic E-state index is -0.402. The van der Waals surface area contributed by atoms with Crippen LogP contribution in [0.4, 0.5) is 5.69 Å². The number of thioether (sulfide) groups is 1. The molecular formula is C13H15N3O2S. The van der Waals surface area contributed by atoms with Crippen molar-refractivity contribution in [3.05, 3.63) is 29.8 Å². The van der Waals surface area contributed by atoms with Gasteiger partial charge >= 0.3 is 0 Å².